The van der Waals surface area contributed by atoms with E-state index in [-0.39, 0.29) is 12.6 Å². The minimum Gasteiger partial charge on any atom is -0.352 e. The Morgan fingerprint density at radius 3 is 2.73 bits per heavy atom. The molecule has 1 fully saturated rings. The molecule has 2 rings (SSSR count). The summed E-state index contributed by atoms with van der Waals surface area (Å²) >= 11 is 0. The van der Waals surface area contributed by atoms with E-state index in [4.69, 9.17) is 0 Å². The largest absolute Gasteiger partial charge is 0.352 e. The number of nitrogens with zero attached hydrogens (tertiary/aromatic N) is 2. The summed E-state index contributed by atoms with van der Waals surface area (Å²) in [7, 11) is 1.60. The van der Waals surface area contributed by atoms with Crippen LogP contribution in [0.2, 0.25) is 0 Å². The lowest BCUT2D eigenvalue weighted by Gasteiger charge is -2.21. The van der Waals surface area contributed by atoms with Crippen molar-refractivity contribution in [2.75, 3.05) is 20.1 Å². The van der Waals surface area contributed by atoms with Crippen molar-refractivity contribution < 1.29 is 8.78 Å². The summed E-state index contributed by atoms with van der Waals surface area (Å²) in [4.78, 5) is 6.40. The fourth-order valence-corrected chi connectivity index (χ4v) is 2.80. The molecule has 2 atom stereocenters. The van der Waals surface area contributed by atoms with Gasteiger partial charge in [0.25, 0.3) is 6.43 Å². The highest BCUT2D eigenvalue weighted by molar-refractivity contribution is 5.80. The number of rotatable bonds is 5. The summed E-state index contributed by atoms with van der Waals surface area (Å²) in [6, 6.07) is 11.0. The van der Waals surface area contributed by atoms with E-state index in [1.165, 1.54) is 5.56 Å². The molecule has 2 N–H and O–H groups in total. The van der Waals surface area contributed by atoms with E-state index < -0.39 is 6.43 Å². The lowest BCUT2D eigenvalue weighted by atomic mass is 10.2. The van der Waals surface area contributed by atoms with E-state index in [1.807, 2.05) is 18.2 Å². The van der Waals surface area contributed by atoms with Crippen molar-refractivity contribution in [3.63, 3.8) is 0 Å². The summed E-state index contributed by atoms with van der Waals surface area (Å²) in [6.07, 6.45) is -1.40. The first-order valence-electron chi connectivity index (χ1n) is 7.61. The van der Waals surface area contributed by atoms with Crippen LogP contribution < -0.4 is 10.6 Å². The second kappa shape index (κ2) is 8.08. The van der Waals surface area contributed by atoms with E-state index in [9.17, 15) is 8.78 Å². The third-order valence-electron chi connectivity index (χ3n) is 3.92. The number of alkyl halides is 2. The molecule has 1 aliphatic rings. The Kier molecular flexibility index (Phi) is 6.12. The first-order chi connectivity index (χ1) is 10.6. The van der Waals surface area contributed by atoms with Crippen LogP contribution in [0.3, 0.4) is 0 Å². The average molecular weight is 310 g/mol. The van der Waals surface area contributed by atoms with Gasteiger partial charge >= 0.3 is 0 Å². The number of likely N-dealkylation sites (tertiary alicyclic amines) is 1. The predicted octanol–water partition coefficient (Wildman–Crippen LogP) is 2.08. The van der Waals surface area contributed by atoms with Crippen LogP contribution in [-0.4, -0.2) is 49.5 Å². The highest BCUT2D eigenvalue weighted by Gasteiger charge is 2.29. The van der Waals surface area contributed by atoms with E-state index in [0.29, 0.717) is 12.0 Å². The maximum absolute atomic E-state index is 12.3. The summed E-state index contributed by atoms with van der Waals surface area (Å²) in [5, 5.41) is 5.88. The van der Waals surface area contributed by atoms with Crippen LogP contribution in [0.25, 0.3) is 0 Å². The number of nitrogens with one attached hydrogen (secondary N) is 2. The smallest absolute Gasteiger partial charge is 0.255 e. The molecule has 22 heavy (non-hydrogen) atoms. The van der Waals surface area contributed by atoms with E-state index in [2.05, 4.69) is 39.6 Å². The predicted molar refractivity (Wildman–Crippen MR) is 85.2 cm³/mol. The number of hydrogen-bond donors (Lipinski definition) is 2. The summed E-state index contributed by atoms with van der Waals surface area (Å²) in [5.74, 6) is 0.444. The Labute approximate surface area is 130 Å². The molecule has 1 aromatic carbocycles. The van der Waals surface area contributed by atoms with Crippen molar-refractivity contribution in [3.05, 3.63) is 35.9 Å². The lowest BCUT2D eigenvalue weighted by Crippen LogP contribution is -2.45. The zero-order chi connectivity index (χ0) is 15.9. The maximum Gasteiger partial charge on any atom is 0.255 e. The topological polar surface area (TPSA) is 39.7 Å². The molecule has 0 radical (unpaired) electrons. The zero-order valence-electron chi connectivity index (χ0n) is 13.1. The molecule has 1 saturated heterocycles. The van der Waals surface area contributed by atoms with Gasteiger partial charge in [0.15, 0.2) is 5.96 Å². The third-order valence-corrected chi connectivity index (χ3v) is 3.92. The molecule has 0 aliphatic carbocycles. The van der Waals surface area contributed by atoms with Gasteiger partial charge in [0, 0.05) is 32.2 Å². The Balaban J connectivity index is 1.85. The molecule has 1 aliphatic heterocycles. The van der Waals surface area contributed by atoms with Gasteiger partial charge in [0.2, 0.25) is 0 Å². The molecule has 0 spiro atoms. The maximum atomic E-state index is 12.3. The molecular formula is C16H24F2N4. The monoisotopic (exact) mass is 310 g/mol. The van der Waals surface area contributed by atoms with Crippen LogP contribution in [0, 0.1) is 0 Å². The van der Waals surface area contributed by atoms with Gasteiger partial charge in [-0.25, -0.2) is 8.78 Å². The number of aliphatic imine (C=N–C) groups is 1. The highest BCUT2D eigenvalue weighted by atomic mass is 19.3. The molecule has 1 aromatic rings. The van der Waals surface area contributed by atoms with Gasteiger partial charge in [-0.3, -0.25) is 9.89 Å². The normalized spacial score (nSPS) is 23.0. The molecule has 6 heteroatoms. The van der Waals surface area contributed by atoms with Crippen molar-refractivity contribution in [3.8, 4) is 0 Å². The molecular weight excluding hydrogens is 286 g/mol. The number of halogens is 2. The second-order valence-electron chi connectivity index (χ2n) is 5.69. The summed E-state index contributed by atoms with van der Waals surface area (Å²) in [6.45, 7) is 3.60. The van der Waals surface area contributed by atoms with Crippen molar-refractivity contribution in [1.29, 1.82) is 0 Å². The Hall–Kier alpha value is -1.69. The molecule has 0 bridgehead atoms. The number of benzene rings is 1. The van der Waals surface area contributed by atoms with Crippen molar-refractivity contribution in [1.82, 2.24) is 15.5 Å². The van der Waals surface area contributed by atoms with Gasteiger partial charge in [-0.05, 0) is 18.9 Å². The van der Waals surface area contributed by atoms with Crippen LogP contribution in [0.4, 0.5) is 8.78 Å². The Morgan fingerprint density at radius 1 is 1.36 bits per heavy atom. The van der Waals surface area contributed by atoms with Gasteiger partial charge in [0.05, 0.1) is 6.54 Å². The number of guanidine groups is 1. The Bertz CT molecular complexity index is 478. The fourth-order valence-electron chi connectivity index (χ4n) is 2.80. The van der Waals surface area contributed by atoms with Crippen molar-refractivity contribution in [2.45, 2.75) is 38.4 Å². The van der Waals surface area contributed by atoms with Crippen LogP contribution >= 0.6 is 0 Å². The summed E-state index contributed by atoms with van der Waals surface area (Å²) in [5.41, 5.74) is 1.29. The third kappa shape index (κ3) is 4.94. The lowest BCUT2D eigenvalue weighted by molar-refractivity contribution is 0.152. The SMILES string of the molecule is CN=C(NCC(F)F)NC1CC(C)N(Cc2ccccc2)C1. The minimum atomic E-state index is -2.38. The molecule has 2 unspecified atom stereocenters. The van der Waals surface area contributed by atoms with Gasteiger partial charge in [-0.2, -0.15) is 0 Å². The highest BCUT2D eigenvalue weighted by Crippen LogP contribution is 2.20. The average Bonchev–Trinajstić information content (AvgIpc) is 2.84. The molecule has 1 heterocycles. The van der Waals surface area contributed by atoms with Crippen molar-refractivity contribution >= 4 is 5.96 Å². The second-order valence-corrected chi connectivity index (χ2v) is 5.69. The van der Waals surface area contributed by atoms with E-state index in [0.717, 1.165) is 19.5 Å². The van der Waals surface area contributed by atoms with Crippen LogP contribution in [0.5, 0.6) is 0 Å². The van der Waals surface area contributed by atoms with Crippen LogP contribution in [0.1, 0.15) is 18.9 Å². The van der Waals surface area contributed by atoms with E-state index in [1.54, 1.807) is 7.05 Å². The molecule has 122 valence electrons. The first-order valence-corrected chi connectivity index (χ1v) is 7.61. The fraction of sp³-hybridized carbons (Fsp3) is 0.562. The van der Waals surface area contributed by atoms with Crippen LogP contribution in [-0.2, 0) is 6.54 Å². The van der Waals surface area contributed by atoms with Gasteiger partial charge < -0.3 is 10.6 Å². The molecule has 0 aromatic heterocycles. The quantitative estimate of drug-likeness (QED) is 0.646. The number of hydrogen-bond acceptors (Lipinski definition) is 2. The van der Waals surface area contributed by atoms with Crippen molar-refractivity contribution in [2.24, 2.45) is 4.99 Å². The summed E-state index contributed by atoms with van der Waals surface area (Å²) < 4.78 is 24.5. The standard InChI is InChI=1S/C16H24F2N4/c1-12-8-14(21-16(19-2)20-9-15(17)18)11-22(12)10-13-6-4-3-5-7-13/h3-7,12,14-15H,8-11H2,1-2H3,(H2,19,20,21). The van der Waals surface area contributed by atoms with Gasteiger partial charge in [0.1, 0.15) is 0 Å². The Morgan fingerprint density at radius 2 is 2.09 bits per heavy atom. The van der Waals surface area contributed by atoms with Gasteiger partial charge in [-0.1, -0.05) is 30.3 Å². The molecule has 4 nitrogen and oxygen atoms in total. The molecule has 0 saturated carbocycles. The zero-order valence-corrected chi connectivity index (χ0v) is 13.1. The molecule has 0 amide bonds. The minimum absolute atomic E-state index is 0.225. The van der Waals surface area contributed by atoms with Gasteiger partial charge in [-0.15, -0.1) is 0 Å². The first kappa shape index (κ1) is 16.7. The van der Waals surface area contributed by atoms with E-state index >= 15 is 0 Å². The van der Waals surface area contributed by atoms with Crippen LogP contribution in [0.15, 0.2) is 35.3 Å².